The number of Topliss-reactive ketones (excluding diaryl/α,β-unsaturated/α-hetero) is 2. The van der Waals surface area contributed by atoms with Gasteiger partial charge in [-0.05, 0) is 48.0 Å². The smallest absolute Gasteiger partial charge is 0.324 e. The van der Waals surface area contributed by atoms with Crippen LogP contribution in [0, 0.1) is 34.5 Å². The Kier molecular flexibility index (Phi) is 12.3. The number of nitrogens with one attached hydrogen (secondary N) is 1. The molecule has 0 radical (unpaired) electrons. The molecule has 3 rings (SSSR count). The maximum Gasteiger partial charge on any atom is 0.324 e. The summed E-state index contributed by atoms with van der Waals surface area (Å²) in [6.07, 6.45) is 11.3. The summed E-state index contributed by atoms with van der Waals surface area (Å²) in [4.78, 5) is 40.2. The standard InChI is InChI=1S/C36H53NO4S/c1-24-14-12-18-35(5,6)32(24)30(38)20-26(3)37-29(34(40)41-22-28-16-10-9-11-17-28)23-42-27(4)21-31(39)33-25(2)15-13-19-36(33,7)8/h9-17,24-27,29,32-33,37H,18-23H2,1-8H3. The lowest BCUT2D eigenvalue weighted by Crippen LogP contribution is -2.47. The second-order valence-corrected chi connectivity index (χ2v) is 15.6. The van der Waals surface area contributed by atoms with Crippen LogP contribution in [0.5, 0.6) is 0 Å². The highest BCUT2D eigenvalue weighted by molar-refractivity contribution is 7.99. The second kappa shape index (κ2) is 15.0. The molecule has 0 fully saturated rings. The number of rotatable bonds is 14. The van der Waals surface area contributed by atoms with Crippen LogP contribution in [0.2, 0.25) is 0 Å². The normalized spacial score (nSPS) is 26.7. The van der Waals surface area contributed by atoms with Crippen molar-refractivity contribution in [1.82, 2.24) is 5.32 Å². The van der Waals surface area contributed by atoms with E-state index in [1.165, 1.54) is 0 Å². The third-order valence-corrected chi connectivity index (χ3v) is 10.4. The predicted molar refractivity (Wildman–Crippen MR) is 174 cm³/mol. The number of carbonyl (C=O) groups excluding carboxylic acids is 3. The summed E-state index contributed by atoms with van der Waals surface area (Å²) >= 11 is 1.62. The number of ketones is 2. The molecule has 6 heteroatoms. The molecule has 7 atom stereocenters. The van der Waals surface area contributed by atoms with Gasteiger partial charge in [-0.25, -0.2) is 0 Å². The number of benzene rings is 1. The summed E-state index contributed by atoms with van der Waals surface area (Å²) in [6, 6.07) is 8.89. The number of allylic oxidation sites excluding steroid dienone is 4. The Morgan fingerprint density at radius 2 is 1.40 bits per heavy atom. The van der Waals surface area contributed by atoms with E-state index in [9.17, 15) is 14.4 Å². The number of carbonyl (C=O) groups is 3. The number of ether oxygens (including phenoxy) is 1. The van der Waals surface area contributed by atoms with E-state index < -0.39 is 6.04 Å². The Bertz CT molecular complexity index is 1120. The Hall–Kier alpha value is -2.18. The molecule has 0 amide bonds. The molecule has 2 aliphatic carbocycles. The highest BCUT2D eigenvalue weighted by Gasteiger charge is 2.41. The molecule has 5 nitrogen and oxygen atoms in total. The van der Waals surface area contributed by atoms with Crippen molar-refractivity contribution in [2.45, 2.75) is 105 Å². The molecule has 7 unspecified atom stereocenters. The van der Waals surface area contributed by atoms with E-state index in [0.29, 0.717) is 24.4 Å². The minimum atomic E-state index is -0.580. The Balaban J connectivity index is 1.64. The first kappa shape index (κ1) is 34.3. The number of esters is 1. The SMILES string of the molecule is CC(CC(=O)C1C(C)C=CCC1(C)C)NC(CSC(C)CC(=O)C1C(C)C=CCC1(C)C)C(=O)OCc1ccccc1. The van der Waals surface area contributed by atoms with Gasteiger partial charge in [-0.15, -0.1) is 0 Å². The van der Waals surface area contributed by atoms with Crippen molar-refractivity contribution in [3.8, 4) is 0 Å². The van der Waals surface area contributed by atoms with Gasteiger partial charge in [0.2, 0.25) is 0 Å². The van der Waals surface area contributed by atoms with E-state index in [2.05, 4.69) is 78.1 Å². The van der Waals surface area contributed by atoms with Crippen molar-refractivity contribution < 1.29 is 19.1 Å². The van der Waals surface area contributed by atoms with Crippen LogP contribution in [-0.2, 0) is 25.7 Å². The molecule has 2 aliphatic rings. The lowest BCUT2D eigenvalue weighted by atomic mass is 9.64. The molecule has 0 spiro atoms. The van der Waals surface area contributed by atoms with Crippen molar-refractivity contribution in [2.24, 2.45) is 34.5 Å². The van der Waals surface area contributed by atoms with E-state index in [-0.39, 0.29) is 64.2 Å². The fourth-order valence-corrected chi connectivity index (χ4v) is 8.14. The first-order valence-corrected chi connectivity index (χ1v) is 16.7. The molecule has 0 bridgehead atoms. The van der Waals surface area contributed by atoms with E-state index in [1.54, 1.807) is 11.8 Å². The zero-order valence-corrected chi connectivity index (χ0v) is 27.8. The molecule has 42 heavy (non-hydrogen) atoms. The molecular formula is C36H53NO4S. The first-order chi connectivity index (χ1) is 19.7. The molecule has 1 N–H and O–H groups in total. The third-order valence-electron chi connectivity index (χ3n) is 9.13. The van der Waals surface area contributed by atoms with Gasteiger partial charge in [0.05, 0.1) is 0 Å². The molecule has 0 aliphatic heterocycles. The molecule has 0 saturated carbocycles. The number of thioether (sulfide) groups is 1. The third kappa shape index (κ3) is 9.41. The topological polar surface area (TPSA) is 72.5 Å². The van der Waals surface area contributed by atoms with Gasteiger partial charge in [-0.3, -0.25) is 14.4 Å². The van der Waals surface area contributed by atoms with E-state index in [0.717, 1.165) is 18.4 Å². The van der Waals surface area contributed by atoms with Gasteiger partial charge in [-0.2, -0.15) is 11.8 Å². The van der Waals surface area contributed by atoms with Gasteiger partial charge in [-0.1, -0.05) is 103 Å². The average molecular weight is 596 g/mol. The van der Waals surface area contributed by atoms with Crippen LogP contribution in [0.3, 0.4) is 0 Å². The summed E-state index contributed by atoms with van der Waals surface area (Å²) < 4.78 is 5.73. The van der Waals surface area contributed by atoms with E-state index in [4.69, 9.17) is 4.74 Å². The fraction of sp³-hybridized carbons (Fsp3) is 0.639. The summed E-state index contributed by atoms with van der Waals surface area (Å²) in [5.74, 6) is 1.06. The van der Waals surface area contributed by atoms with Gasteiger partial charge < -0.3 is 10.1 Å². The van der Waals surface area contributed by atoms with Crippen LogP contribution in [0.1, 0.15) is 86.6 Å². The lowest BCUT2D eigenvalue weighted by molar-refractivity contribution is -0.147. The van der Waals surface area contributed by atoms with Crippen LogP contribution in [-0.4, -0.2) is 40.6 Å². The molecule has 1 aromatic carbocycles. The van der Waals surface area contributed by atoms with Crippen molar-refractivity contribution in [1.29, 1.82) is 0 Å². The monoisotopic (exact) mass is 595 g/mol. The molecule has 0 saturated heterocycles. The highest BCUT2D eigenvalue weighted by atomic mass is 32.2. The van der Waals surface area contributed by atoms with Crippen LogP contribution in [0.4, 0.5) is 0 Å². The maximum absolute atomic E-state index is 13.5. The summed E-state index contributed by atoms with van der Waals surface area (Å²) in [6.45, 7) is 17.2. The van der Waals surface area contributed by atoms with Gasteiger partial charge in [0.1, 0.15) is 24.2 Å². The summed E-state index contributed by atoms with van der Waals surface area (Å²) in [7, 11) is 0. The quantitative estimate of drug-likeness (QED) is 0.176. The van der Waals surface area contributed by atoms with Crippen LogP contribution < -0.4 is 5.32 Å². The maximum atomic E-state index is 13.5. The highest BCUT2D eigenvalue weighted by Crippen LogP contribution is 2.43. The first-order valence-electron chi connectivity index (χ1n) is 15.7. The van der Waals surface area contributed by atoms with Crippen LogP contribution >= 0.6 is 11.8 Å². The minimum Gasteiger partial charge on any atom is -0.460 e. The van der Waals surface area contributed by atoms with E-state index in [1.807, 2.05) is 37.3 Å². The fourth-order valence-electron chi connectivity index (χ4n) is 7.10. The van der Waals surface area contributed by atoms with Crippen molar-refractivity contribution in [2.75, 3.05) is 5.75 Å². The molecule has 232 valence electrons. The van der Waals surface area contributed by atoms with E-state index >= 15 is 0 Å². The lowest BCUT2D eigenvalue weighted by Gasteiger charge is -2.39. The predicted octanol–water partition coefficient (Wildman–Crippen LogP) is 7.59. The van der Waals surface area contributed by atoms with Crippen molar-refractivity contribution in [3.63, 3.8) is 0 Å². The van der Waals surface area contributed by atoms with Crippen molar-refractivity contribution >= 4 is 29.3 Å². The number of hydrogen-bond acceptors (Lipinski definition) is 6. The van der Waals surface area contributed by atoms with Gasteiger partial charge in [0.15, 0.2) is 0 Å². The van der Waals surface area contributed by atoms with Gasteiger partial charge >= 0.3 is 5.97 Å². The zero-order valence-electron chi connectivity index (χ0n) is 27.0. The molecule has 0 heterocycles. The van der Waals surface area contributed by atoms with Crippen molar-refractivity contribution in [3.05, 3.63) is 60.2 Å². The Labute approximate surface area is 258 Å². The summed E-state index contributed by atoms with van der Waals surface area (Å²) in [5.41, 5.74) is 0.791. The molecular weight excluding hydrogens is 542 g/mol. The Morgan fingerprint density at radius 3 is 1.93 bits per heavy atom. The molecule has 1 aromatic rings. The van der Waals surface area contributed by atoms with Crippen LogP contribution in [0.25, 0.3) is 0 Å². The Morgan fingerprint density at radius 1 is 0.881 bits per heavy atom. The van der Waals surface area contributed by atoms with Gasteiger partial charge in [0, 0.05) is 41.7 Å². The largest absolute Gasteiger partial charge is 0.460 e. The van der Waals surface area contributed by atoms with Gasteiger partial charge in [0.25, 0.3) is 0 Å². The molecule has 0 aromatic heterocycles. The zero-order chi connectivity index (χ0) is 31.1. The second-order valence-electron chi connectivity index (χ2n) is 14.1. The minimum absolute atomic E-state index is 0.00242. The number of hydrogen-bond donors (Lipinski definition) is 1. The summed E-state index contributed by atoms with van der Waals surface area (Å²) in [5, 5.41) is 3.49. The average Bonchev–Trinajstić information content (AvgIpc) is 2.89. The van der Waals surface area contributed by atoms with Crippen LogP contribution in [0.15, 0.2) is 54.6 Å².